The van der Waals surface area contributed by atoms with Crippen LogP contribution in [0.1, 0.15) is 20.8 Å². The molecular formula is C19H18ClN3O3S2. The van der Waals surface area contributed by atoms with E-state index in [-0.39, 0.29) is 17.0 Å². The summed E-state index contributed by atoms with van der Waals surface area (Å²) >= 11 is 7.52. The van der Waals surface area contributed by atoms with Crippen molar-refractivity contribution in [2.45, 2.75) is 18.4 Å². The summed E-state index contributed by atoms with van der Waals surface area (Å²) in [5.74, 6) is -0.466. The van der Waals surface area contributed by atoms with E-state index in [1.54, 1.807) is 12.1 Å². The molecule has 0 bridgehead atoms. The van der Waals surface area contributed by atoms with E-state index in [0.717, 1.165) is 10.4 Å². The molecule has 3 rings (SSSR count). The van der Waals surface area contributed by atoms with Gasteiger partial charge in [-0.2, -0.15) is 0 Å². The minimum atomic E-state index is -3.73. The predicted octanol–water partition coefficient (Wildman–Crippen LogP) is 3.95. The fraction of sp³-hybridized carbons (Fsp3) is 0.105. The monoisotopic (exact) mass is 435 g/mol. The van der Waals surface area contributed by atoms with Gasteiger partial charge in [-0.05, 0) is 54.3 Å². The van der Waals surface area contributed by atoms with Gasteiger partial charge in [-0.1, -0.05) is 29.8 Å². The van der Waals surface area contributed by atoms with E-state index in [9.17, 15) is 13.2 Å². The second kappa shape index (κ2) is 8.74. The number of benzene rings is 2. The number of sulfonamides is 1. The van der Waals surface area contributed by atoms with E-state index in [2.05, 4.69) is 15.6 Å². The van der Waals surface area contributed by atoms with Crippen molar-refractivity contribution in [3.8, 4) is 0 Å². The van der Waals surface area contributed by atoms with Crippen molar-refractivity contribution >= 4 is 44.6 Å². The van der Waals surface area contributed by atoms with Gasteiger partial charge in [0.05, 0.1) is 10.6 Å². The van der Waals surface area contributed by atoms with Crippen LogP contribution in [0.2, 0.25) is 5.02 Å². The topological polar surface area (TPSA) is 87.3 Å². The first-order valence-electron chi connectivity index (χ1n) is 8.30. The quantitative estimate of drug-likeness (QED) is 0.490. The molecule has 0 aliphatic heterocycles. The summed E-state index contributed by atoms with van der Waals surface area (Å²) in [6.07, 6.45) is 0. The molecule has 6 nitrogen and oxygen atoms in total. The molecule has 3 N–H and O–H groups in total. The molecule has 1 aromatic heterocycles. The Hall–Kier alpha value is -2.39. The van der Waals surface area contributed by atoms with Crippen molar-refractivity contribution in [3.05, 3.63) is 81.0 Å². The molecule has 2 aromatic carbocycles. The molecule has 0 atom stereocenters. The van der Waals surface area contributed by atoms with Crippen LogP contribution in [0.15, 0.2) is 64.9 Å². The summed E-state index contributed by atoms with van der Waals surface area (Å²) in [5.41, 5.74) is 7.05. The Balaban J connectivity index is 1.67. The lowest BCUT2D eigenvalue weighted by Gasteiger charge is -2.11. The number of rotatable bonds is 7. The van der Waals surface area contributed by atoms with E-state index in [1.165, 1.54) is 35.6 Å². The highest BCUT2D eigenvalue weighted by atomic mass is 35.5. The molecule has 1 heterocycles. The largest absolute Gasteiger partial charge is 0.298 e. The van der Waals surface area contributed by atoms with E-state index in [1.807, 2.05) is 30.5 Å². The van der Waals surface area contributed by atoms with Crippen LogP contribution in [0.4, 0.5) is 5.69 Å². The van der Waals surface area contributed by atoms with Crippen molar-refractivity contribution in [1.82, 2.24) is 10.1 Å². The molecule has 1 amide bonds. The zero-order valence-electron chi connectivity index (χ0n) is 14.9. The standard InChI is InChI=1S/C19H18ClN3O3S2/c1-13-7-8-15(11-18(13)20)22-23-19(24)14-4-2-6-17(10-14)28(25,26)21-12-16-5-3-9-27-16/h2-11,21-22H,12H2,1H3,(H,23,24). The lowest BCUT2D eigenvalue weighted by atomic mass is 10.2. The van der Waals surface area contributed by atoms with Crippen molar-refractivity contribution in [3.63, 3.8) is 0 Å². The van der Waals surface area contributed by atoms with Gasteiger partial charge >= 0.3 is 0 Å². The van der Waals surface area contributed by atoms with Crippen LogP contribution in [-0.4, -0.2) is 14.3 Å². The SMILES string of the molecule is Cc1ccc(NNC(=O)c2cccc(S(=O)(=O)NCc3cccs3)c2)cc1Cl. The lowest BCUT2D eigenvalue weighted by Crippen LogP contribution is -2.29. The number of nitrogens with one attached hydrogen (secondary N) is 3. The molecule has 146 valence electrons. The normalized spacial score (nSPS) is 11.2. The predicted molar refractivity (Wildman–Crippen MR) is 112 cm³/mol. The number of carbonyl (C=O) groups excluding carboxylic acids is 1. The first-order valence-corrected chi connectivity index (χ1v) is 11.0. The van der Waals surface area contributed by atoms with E-state index in [0.29, 0.717) is 10.7 Å². The van der Waals surface area contributed by atoms with Crippen LogP contribution in [0.5, 0.6) is 0 Å². The van der Waals surface area contributed by atoms with Gasteiger partial charge < -0.3 is 0 Å². The Morgan fingerprint density at radius 3 is 2.64 bits per heavy atom. The highest BCUT2D eigenvalue weighted by Crippen LogP contribution is 2.19. The molecule has 9 heteroatoms. The van der Waals surface area contributed by atoms with Gasteiger partial charge in [0.1, 0.15) is 0 Å². The number of aryl methyl sites for hydroxylation is 1. The minimum absolute atomic E-state index is 0.0232. The molecule has 0 radical (unpaired) electrons. The van der Waals surface area contributed by atoms with Crippen LogP contribution in [0.25, 0.3) is 0 Å². The van der Waals surface area contributed by atoms with Crippen LogP contribution in [-0.2, 0) is 16.6 Å². The summed E-state index contributed by atoms with van der Waals surface area (Å²) < 4.78 is 27.5. The lowest BCUT2D eigenvalue weighted by molar-refractivity contribution is 0.0962. The maximum atomic E-state index is 12.5. The number of thiophene rings is 1. The first-order chi connectivity index (χ1) is 13.3. The molecule has 0 fully saturated rings. The second-order valence-corrected chi connectivity index (χ2v) is 9.18. The van der Waals surface area contributed by atoms with Crippen molar-refractivity contribution in [2.24, 2.45) is 0 Å². The number of hydrogen-bond donors (Lipinski definition) is 3. The van der Waals surface area contributed by atoms with E-state index in [4.69, 9.17) is 11.6 Å². The molecule has 0 saturated heterocycles. The van der Waals surface area contributed by atoms with Crippen molar-refractivity contribution in [1.29, 1.82) is 0 Å². The third-order valence-corrected chi connectivity index (χ3v) is 6.60. The Morgan fingerprint density at radius 2 is 1.93 bits per heavy atom. The molecule has 0 spiro atoms. The van der Waals surface area contributed by atoms with Crippen LogP contribution in [0.3, 0.4) is 0 Å². The smallest absolute Gasteiger partial charge is 0.269 e. The molecule has 3 aromatic rings. The second-order valence-electron chi connectivity index (χ2n) is 5.97. The zero-order chi connectivity index (χ0) is 20.1. The van der Waals surface area contributed by atoms with Crippen molar-refractivity contribution < 1.29 is 13.2 Å². The van der Waals surface area contributed by atoms with Crippen LogP contribution >= 0.6 is 22.9 Å². The maximum absolute atomic E-state index is 12.5. The molecule has 0 aliphatic carbocycles. The summed E-state index contributed by atoms with van der Waals surface area (Å²) in [7, 11) is -3.73. The molecule has 0 saturated carbocycles. The highest BCUT2D eigenvalue weighted by Gasteiger charge is 2.16. The maximum Gasteiger partial charge on any atom is 0.269 e. The Morgan fingerprint density at radius 1 is 1.11 bits per heavy atom. The zero-order valence-corrected chi connectivity index (χ0v) is 17.3. The summed E-state index contributed by atoms with van der Waals surface area (Å²) in [6.45, 7) is 2.08. The van der Waals surface area contributed by atoms with Gasteiger partial charge in [0.15, 0.2) is 0 Å². The summed E-state index contributed by atoms with van der Waals surface area (Å²) in [6, 6.07) is 14.8. The highest BCUT2D eigenvalue weighted by molar-refractivity contribution is 7.89. The third kappa shape index (κ3) is 5.11. The van der Waals surface area contributed by atoms with E-state index >= 15 is 0 Å². The third-order valence-electron chi connectivity index (χ3n) is 3.92. The number of carbonyl (C=O) groups is 1. The van der Waals surface area contributed by atoms with Gasteiger partial charge in [-0.15, -0.1) is 11.3 Å². The van der Waals surface area contributed by atoms with Gasteiger partial charge in [-0.3, -0.25) is 15.6 Å². The molecule has 0 aliphatic rings. The molecule has 0 unspecified atom stereocenters. The Labute approximate surface area is 172 Å². The summed E-state index contributed by atoms with van der Waals surface area (Å²) in [4.78, 5) is 13.3. The number of amides is 1. The van der Waals surface area contributed by atoms with Gasteiger partial charge in [0.2, 0.25) is 10.0 Å². The van der Waals surface area contributed by atoms with E-state index < -0.39 is 15.9 Å². The fourth-order valence-electron chi connectivity index (χ4n) is 2.34. The minimum Gasteiger partial charge on any atom is -0.298 e. The van der Waals surface area contributed by atoms with Gasteiger partial charge in [-0.25, -0.2) is 13.1 Å². The van der Waals surface area contributed by atoms with Crippen LogP contribution < -0.4 is 15.6 Å². The van der Waals surface area contributed by atoms with Gasteiger partial charge in [0, 0.05) is 22.0 Å². The van der Waals surface area contributed by atoms with Crippen molar-refractivity contribution in [2.75, 3.05) is 5.43 Å². The molecule has 28 heavy (non-hydrogen) atoms. The average Bonchev–Trinajstić information content (AvgIpc) is 3.21. The van der Waals surface area contributed by atoms with Gasteiger partial charge in [0.25, 0.3) is 5.91 Å². The fourth-order valence-corrected chi connectivity index (χ4v) is 4.31. The number of hydrogen-bond acceptors (Lipinski definition) is 5. The number of hydrazine groups is 1. The summed E-state index contributed by atoms with van der Waals surface area (Å²) in [5, 5.41) is 2.45. The first kappa shape index (κ1) is 20.3. The Bertz CT molecular complexity index is 1080. The average molecular weight is 436 g/mol. The number of anilines is 1. The Kier molecular flexibility index (Phi) is 6.35. The number of halogens is 1. The molecular weight excluding hydrogens is 418 g/mol. The van der Waals surface area contributed by atoms with Crippen LogP contribution in [0, 0.1) is 6.92 Å².